The molecule has 2 aliphatic rings. The minimum atomic E-state index is -0.154. The Hall–Kier alpha value is -3.07. The lowest BCUT2D eigenvalue weighted by molar-refractivity contribution is -0.118. The van der Waals surface area contributed by atoms with Gasteiger partial charge in [0.05, 0.1) is 7.11 Å². The van der Waals surface area contributed by atoms with E-state index in [4.69, 9.17) is 9.47 Å². The van der Waals surface area contributed by atoms with E-state index >= 15 is 0 Å². The zero-order valence-corrected chi connectivity index (χ0v) is 17.0. The van der Waals surface area contributed by atoms with Crippen LogP contribution in [0.25, 0.3) is 10.8 Å². The number of methoxy groups -OCH3 is 1. The Kier molecular flexibility index (Phi) is 4.02. The van der Waals surface area contributed by atoms with Crippen molar-refractivity contribution in [2.75, 3.05) is 7.11 Å². The molecule has 0 amide bonds. The summed E-state index contributed by atoms with van der Waals surface area (Å²) in [5, 5.41) is 2.28. The molecule has 3 heteroatoms. The molecule has 0 fully saturated rings. The van der Waals surface area contributed by atoms with Crippen molar-refractivity contribution in [3.63, 3.8) is 0 Å². The molecule has 1 atom stereocenters. The Labute approximate surface area is 171 Å². The maximum absolute atomic E-state index is 13.4. The van der Waals surface area contributed by atoms with Crippen LogP contribution in [0.1, 0.15) is 43.7 Å². The molecule has 0 aromatic heterocycles. The predicted octanol–water partition coefficient (Wildman–Crippen LogP) is 6.02. The Bertz CT molecular complexity index is 1170. The molecule has 0 radical (unpaired) electrons. The van der Waals surface area contributed by atoms with E-state index in [1.807, 2.05) is 36.4 Å². The largest absolute Gasteiger partial charge is 0.497 e. The van der Waals surface area contributed by atoms with Crippen LogP contribution in [0.5, 0.6) is 11.5 Å². The van der Waals surface area contributed by atoms with Gasteiger partial charge in [-0.1, -0.05) is 56.3 Å². The summed E-state index contributed by atoms with van der Waals surface area (Å²) in [4.78, 5) is 13.4. The van der Waals surface area contributed by atoms with Gasteiger partial charge in [0.2, 0.25) is 0 Å². The summed E-state index contributed by atoms with van der Waals surface area (Å²) >= 11 is 0. The molecule has 0 saturated heterocycles. The SMILES string of the molecule is COc1cccc(C2C3=C(CC(C)(C)CC3=O)Oc3ccc4ccccc4c32)c1. The van der Waals surface area contributed by atoms with Gasteiger partial charge in [0, 0.05) is 29.9 Å². The number of ether oxygens (including phenoxy) is 2. The van der Waals surface area contributed by atoms with Crippen LogP contribution >= 0.6 is 0 Å². The van der Waals surface area contributed by atoms with Gasteiger partial charge in [0.1, 0.15) is 17.3 Å². The third-order valence-corrected chi connectivity index (χ3v) is 6.05. The quantitative estimate of drug-likeness (QED) is 0.542. The minimum Gasteiger partial charge on any atom is -0.497 e. The molecule has 0 bridgehead atoms. The van der Waals surface area contributed by atoms with Crippen molar-refractivity contribution >= 4 is 16.6 Å². The third-order valence-electron chi connectivity index (χ3n) is 6.05. The maximum Gasteiger partial charge on any atom is 0.163 e. The fraction of sp³-hybridized carbons (Fsp3) is 0.269. The summed E-state index contributed by atoms with van der Waals surface area (Å²) in [6.45, 7) is 4.27. The zero-order valence-electron chi connectivity index (χ0n) is 17.0. The molecule has 29 heavy (non-hydrogen) atoms. The van der Waals surface area contributed by atoms with E-state index in [-0.39, 0.29) is 17.1 Å². The van der Waals surface area contributed by atoms with Gasteiger partial charge >= 0.3 is 0 Å². The Morgan fingerprint density at radius 3 is 2.66 bits per heavy atom. The molecule has 3 aromatic carbocycles. The lowest BCUT2D eigenvalue weighted by Crippen LogP contribution is -2.33. The van der Waals surface area contributed by atoms with Crippen molar-refractivity contribution in [2.24, 2.45) is 5.41 Å². The Morgan fingerprint density at radius 2 is 1.83 bits per heavy atom. The number of hydrogen-bond donors (Lipinski definition) is 0. The normalized spacial score (nSPS) is 20.1. The number of ketones is 1. The summed E-state index contributed by atoms with van der Waals surface area (Å²) in [6, 6.07) is 20.5. The standard InChI is InChI=1S/C26H24O3/c1-26(2)14-20(27)25-22(15-26)29-21-12-11-16-7-4-5-10-19(16)24(21)23(25)17-8-6-9-18(13-17)28-3/h4-13,23H,14-15H2,1-3H3. The highest BCUT2D eigenvalue weighted by Crippen LogP contribution is 2.52. The van der Waals surface area contributed by atoms with Crippen LogP contribution in [0.2, 0.25) is 0 Å². The summed E-state index contributed by atoms with van der Waals surface area (Å²) in [7, 11) is 1.67. The van der Waals surface area contributed by atoms with Crippen LogP contribution in [-0.4, -0.2) is 12.9 Å². The number of allylic oxidation sites excluding steroid dienone is 2. The summed E-state index contributed by atoms with van der Waals surface area (Å²) in [5.74, 6) is 2.49. The molecule has 0 spiro atoms. The summed E-state index contributed by atoms with van der Waals surface area (Å²) in [6.07, 6.45) is 1.30. The zero-order chi connectivity index (χ0) is 20.2. The molecule has 1 aliphatic carbocycles. The number of benzene rings is 3. The Balaban J connectivity index is 1.81. The fourth-order valence-corrected chi connectivity index (χ4v) is 4.78. The van der Waals surface area contributed by atoms with Crippen LogP contribution in [0.15, 0.2) is 72.0 Å². The van der Waals surface area contributed by atoms with Crippen LogP contribution in [0.4, 0.5) is 0 Å². The highest BCUT2D eigenvalue weighted by molar-refractivity contribution is 6.02. The third kappa shape index (κ3) is 2.93. The molecular weight excluding hydrogens is 360 g/mol. The van der Waals surface area contributed by atoms with Crippen molar-refractivity contribution < 1.29 is 14.3 Å². The maximum atomic E-state index is 13.4. The lowest BCUT2D eigenvalue weighted by Gasteiger charge is -2.38. The highest BCUT2D eigenvalue weighted by Gasteiger charge is 2.42. The predicted molar refractivity (Wildman–Crippen MR) is 114 cm³/mol. The molecule has 5 rings (SSSR count). The first-order valence-corrected chi connectivity index (χ1v) is 10.1. The summed E-state index contributed by atoms with van der Waals surface area (Å²) in [5.41, 5.74) is 2.85. The van der Waals surface area contributed by atoms with Crippen molar-refractivity contribution in [3.05, 3.63) is 83.1 Å². The van der Waals surface area contributed by atoms with Gasteiger partial charge in [-0.05, 0) is 39.9 Å². The monoisotopic (exact) mass is 384 g/mol. The van der Waals surface area contributed by atoms with E-state index in [2.05, 4.69) is 38.1 Å². The second-order valence-corrected chi connectivity index (χ2v) is 8.79. The number of carbonyl (C=O) groups excluding carboxylic acids is 1. The van der Waals surface area contributed by atoms with E-state index in [0.717, 1.165) is 51.2 Å². The molecule has 3 aromatic rings. The topological polar surface area (TPSA) is 35.5 Å². The number of Topliss-reactive ketones (excluding diaryl/α,β-unsaturated/α-hetero) is 1. The van der Waals surface area contributed by atoms with E-state index in [1.165, 1.54) is 0 Å². The average Bonchev–Trinajstić information content (AvgIpc) is 2.71. The first-order chi connectivity index (χ1) is 14.0. The molecular formula is C26H24O3. The van der Waals surface area contributed by atoms with E-state index < -0.39 is 0 Å². The molecule has 1 unspecified atom stereocenters. The molecule has 146 valence electrons. The molecule has 0 saturated carbocycles. The summed E-state index contributed by atoms with van der Waals surface area (Å²) < 4.78 is 11.9. The van der Waals surface area contributed by atoms with Crippen molar-refractivity contribution in [2.45, 2.75) is 32.6 Å². The van der Waals surface area contributed by atoms with Crippen LogP contribution in [0, 0.1) is 5.41 Å². The number of rotatable bonds is 2. The molecule has 3 nitrogen and oxygen atoms in total. The minimum absolute atomic E-state index is 0.0941. The van der Waals surface area contributed by atoms with Gasteiger partial charge < -0.3 is 9.47 Å². The van der Waals surface area contributed by atoms with Crippen LogP contribution in [-0.2, 0) is 4.79 Å². The van der Waals surface area contributed by atoms with Crippen molar-refractivity contribution in [3.8, 4) is 11.5 Å². The van der Waals surface area contributed by atoms with Crippen LogP contribution in [0.3, 0.4) is 0 Å². The van der Waals surface area contributed by atoms with Gasteiger partial charge in [-0.25, -0.2) is 0 Å². The number of carbonyl (C=O) groups is 1. The van der Waals surface area contributed by atoms with Gasteiger partial charge in [-0.3, -0.25) is 4.79 Å². The molecule has 1 aliphatic heterocycles. The van der Waals surface area contributed by atoms with Crippen LogP contribution < -0.4 is 9.47 Å². The van der Waals surface area contributed by atoms with E-state index in [1.54, 1.807) is 7.11 Å². The number of fused-ring (bicyclic) bond motifs is 3. The van der Waals surface area contributed by atoms with Gasteiger partial charge in [-0.15, -0.1) is 0 Å². The average molecular weight is 384 g/mol. The first-order valence-electron chi connectivity index (χ1n) is 10.1. The van der Waals surface area contributed by atoms with Gasteiger partial charge in [-0.2, -0.15) is 0 Å². The van der Waals surface area contributed by atoms with Gasteiger partial charge in [0.15, 0.2) is 5.78 Å². The van der Waals surface area contributed by atoms with Gasteiger partial charge in [0.25, 0.3) is 0 Å². The second kappa shape index (κ2) is 6.48. The van der Waals surface area contributed by atoms with Crippen molar-refractivity contribution in [1.29, 1.82) is 0 Å². The fourth-order valence-electron chi connectivity index (χ4n) is 4.78. The molecule has 1 heterocycles. The Morgan fingerprint density at radius 1 is 1.00 bits per heavy atom. The smallest absolute Gasteiger partial charge is 0.163 e. The van der Waals surface area contributed by atoms with Crippen molar-refractivity contribution in [1.82, 2.24) is 0 Å². The highest BCUT2D eigenvalue weighted by atomic mass is 16.5. The lowest BCUT2D eigenvalue weighted by atomic mass is 9.69. The second-order valence-electron chi connectivity index (χ2n) is 8.79. The van der Waals surface area contributed by atoms with E-state index in [0.29, 0.717) is 6.42 Å². The first kappa shape index (κ1) is 18.0. The number of hydrogen-bond acceptors (Lipinski definition) is 3. The molecule has 0 N–H and O–H groups in total. The van der Waals surface area contributed by atoms with E-state index in [9.17, 15) is 4.79 Å².